The Kier molecular flexibility index (Phi) is 5.52. The lowest BCUT2D eigenvalue weighted by Crippen LogP contribution is -2.42. The van der Waals surface area contributed by atoms with Gasteiger partial charge in [0, 0.05) is 12.1 Å². The lowest BCUT2D eigenvalue weighted by atomic mass is 9.94. The van der Waals surface area contributed by atoms with Crippen LogP contribution >= 0.6 is 0 Å². The first-order chi connectivity index (χ1) is 14.4. The maximum Gasteiger partial charge on any atom is 0.338 e. The molecule has 1 aromatic carbocycles. The van der Waals surface area contributed by atoms with Gasteiger partial charge in [0.15, 0.2) is 6.61 Å². The van der Waals surface area contributed by atoms with Gasteiger partial charge in [-0.05, 0) is 43.9 Å². The molecule has 0 unspecified atom stereocenters. The molecule has 1 aliphatic heterocycles. The largest absolute Gasteiger partial charge is 0.452 e. The summed E-state index contributed by atoms with van der Waals surface area (Å²) in [4.78, 5) is 62.3. The summed E-state index contributed by atoms with van der Waals surface area (Å²) in [7, 11) is 0. The molecule has 3 aliphatic rings. The van der Waals surface area contributed by atoms with Gasteiger partial charge in [0.2, 0.25) is 0 Å². The van der Waals surface area contributed by atoms with Crippen molar-refractivity contribution in [1.82, 2.24) is 15.5 Å². The van der Waals surface area contributed by atoms with Crippen LogP contribution in [-0.2, 0) is 9.53 Å². The van der Waals surface area contributed by atoms with Crippen molar-refractivity contribution in [1.29, 1.82) is 0 Å². The van der Waals surface area contributed by atoms with Crippen LogP contribution in [0.1, 0.15) is 76.0 Å². The molecule has 0 bridgehead atoms. The maximum absolute atomic E-state index is 12.8. The number of nitrogens with one attached hydrogen (secondary N) is 2. The van der Waals surface area contributed by atoms with Crippen molar-refractivity contribution in [2.75, 3.05) is 6.61 Å². The summed E-state index contributed by atoms with van der Waals surface area (Å²) >= 11 is 0. The van der Waals surface area contributed by atoms with E-state index in [1.54, 1.807) is 0 Å². The van der Waals surface area contributed by atoms with E-state index in [4.69, 9.17) is 4.74 Å². The molecule has 158 valence electrons. The molecule has 0 aromatic heterocycles. The van der Waals surface area contributed by atoms with Crippen molar-refractivity contribution >= 4 is 29.7 Å². The van der Waals surface area contributed by atoms with Crippen LogP contribution in [0.4, 0.5) is 4.79 Å². The van der Waals surface area contributed by atoms with Gasteiger partial charge in [0.25, 0.3) is 17.7 Å². The van der Waals surface area contributed by atoms with Crippen molar-refractivity contribution in [2.24, 2.45) is 0 Å². The van der Waals surface area contributed by atoms with Gasteiger partial charge < -0.3 is 10.1 Å². The van der Waals surface area contributed by atoms with Gasteiger partial charge in [-0.25, -0.2) is 9.59 Å². The molecule has 0 atom stereocenters. The van der Waals surface area contributed by atoms with Crippen molar-refractivity contribution < 1.29 is 28.7 Å². The molecule has 5 amide bonds. The Morgan fingerprint density at radius 1 is 0.967 bits per heavy atom. The van der Waals surface area contributed by atoms with E-state index in [-0.39, 0.29) is 34.7 Å². The van der Waals surface area contributed by atoms with Gasteiger partial charge in [-0.1, -0.05) is 19.3 Å². The van der Waals surface area contributed by atoms with E-state index >= 15 is 0 Å². The molecular weight excluding hydrogens is 390 g/mol. The molecule has 2 fully saturated rings. The molecule has 2 aliphatic carbocycles. The van der Waals surface area contributed by atoms with Gasteiger partial charge in [0.05, 0.1) is 16.7 Å². The van der Waals surface area contributed by atoms with Crippen LogP contribution < -0.4 is 10.6 Å². The van der Waals surface area contributed by atoms with E-state index in [2.05, 4.69) is 10.6 Å². The summed E-state index contributed by atoms with van der Waals surface area (Å²) in [6, 6.07) is 3.54. The number of benzene rings is 1. The van der Waals surface area contributed by atoms with E-state index in [9.17, 15) is 24.0 Å². The third-order valence-corrected chi connectivity index (χ3v) is 5.59. The highest BCUT2D eigenvalue weighted by atomic mass is 16.5. The summed E-state index contributed by atoms with van der Waals surface area (Å²) in [5, 5.41) is 4.67. The lowest BCUT2D eigenvalue weighted by Gasteiger charge is -2.29. The Morgan fingerprint density at radius 2 is 1.67 bits per heavy atom. The number of rotatable bonds is 5. The smallest absolute Gasteiger partial charge is 0.338 e. The van der Waals surface area contributed by atoms with E-state index in [0.29, 0.717) is 0 Å². The van der Waals surface area contributed by atoms with Crippen LogP contribution in [0.5, 0.6) is 0 Å². The molecule has 9 heteroatoms. The minimum Gasteiger partial charge on any atom is -0.452 e. The fourth-order valence-corrected chi connectivity index (χ4v) is 3.88. The Balaban J connectivity index is 1.37. The monoisotopic (exact) mass is 413 g/mol. The highest BCUT2D eigenvalue weighted by Crippen LogP contribution is 2.31. The maximum atomic E-state index is 12.8. The summed E-state index contributed by atoms with van der Waals surface area (Å²) in [5.41, 5.74) is 0.514. The number of ether oxygens (including phenoxy) is 1. The molecule has 0 spiro atoms. The second kappa shape index (κ2) is 8.25. The molecule has 30 heavy (non-hydrogen) atoms. The number of esters is 1. The van der Waals surface area contributed by atoms with E-state index in [1.807, 2.05) is 0 Å². The number of carbonyl (C=O) groups is 5. The molecule has 2 N–H and O–H groups in total. The van der Waals surface area contributed by atoms with Gasteiger partial charge in [0.1, 0.15) is 0 Å². The molecule has 0 saturated heterocycles. The quantitative estimate of drug-likeness (QED) is 0.560. The van der Waals surface area contributed by atoms with Crippen LogP contribution in [0.3, 0.4) is 0 Å². The van der Waals surface area contributed by atoms with Gasteiger partial charge in [-0.15, -0.1) is 0 Å². The number of urea groups is 1. The Labute approximate surface area is 173 Å². The summed E-state index contributed by atoms with van der Waals surface area (Å²) in [6.45, 7) is -0.630. The van der Waals surface area contributed by atoms with Gasteiger partial charge in [-0.2, -0.15) is 0 Å². The van der Waals surface area contributed by atoms with Crippen molar-refractivity contribution in [3.63, 3.8) is 0 Å². The normalized spacial score (nSPS) is 18.7. The number of carbonyl (C=O) groups excluding carboxylic acids is 5. The number of nitrogens with zero attached hydrogens (tertiary/aromatic N) is 1. The molecular formula is C21H23N3O6. The average molecular weight is 413 g/mol. The van der Waals surface area contributed by atoms with Crippen molar-refractivity contribution in [3.05, 3.63) is 34.9 Å². The minimum absolute atomic E-state index is 0.0654. The zero-order chi connectivity index (χ0) is 21.3. The van der Waals surface area contributed by atoms with Gasteiger partial charge in [-0.3, -0.25) is 24.6 Å². The lowest BCUT2D eigenvalue weighted by molar-refractivity contribution is -0.123. The predicted molar refractivity (Wildman–Crippen MR) is 104 cm³/mol. The first-order valence-corrected chi connectivity index (χ1v) is 10.2. The number of imide groups is 2. The summed E-state index contributed by atoms with van der Waals surface area (Å²) < 4.78 is 4.94. The standard InChI is InChI=1S/C21H23N3O6/c25-17(23-21(29)22-13-7-8-13)11-30-20(28)12-6-9-15-16(10-12)19(27)24(18(15)26)14-4-2-1-3-5-14/h6,9-10,13-14H,1-5,7-8,11H2,(H2,22,23,25,29). The first-order valence-electron chi connectivity index (χ1n) is 10.2. The topological polar surface area (TPSA) is 122 Å². The van der Waals surface area contributed by atoms with Crippen LogP contribution in [0, 0.1) is 0 Å². The third kappa shape index (κ3) is 4.19. The van der Waals surface area contributed by atoms with Gasteiger partial charge >= 0.3 is 12.0 Å². The fourth-order valence-electron chi connectivity index (χ4n) is 3.88. The number of hydrogen-bond donors (Lipinski definition) is 2. The van der Waals surface area contributed by atoms with Crippen LogP contribution in [0.25, 0.3) is 0 Å². The molecule has 1 heterocycles. The van der Waals surface area contributed by atoms with Crippen molar-refractivity contribution in [2.45, 2.75) is 57.0 Å². The number of amides is 5. The van der Waals surface area contributed by atoms with E-state index < -0.39 is 30.4 Å². The number of fused-ring (bicyclic) bond motifs is 1. The zero-order valence-corrected chi connectivity index (χ0v) is 16.4. The zero-order valence-electron chi connectivity index (χ0n) is 16.4. The Morgan fingerprint density at radius 3 is 2.37 bits per heavy atom. The highest BCUT2D eigenvalue weighted by molar-refractivity contribution is 6.22. The fraction of sp³-hybridized carbons (Fsp3) is 0.476. The summed E-state index contributed by atoms with van der Waals surface area (Å²) in [5.74, 6) is -2.29. The second-order valence-electron chi connectivity index (χ2n) is 7.90. The highest BCUT2D eigenvalue weighted by Gasteiger charge is 2.40. The third-order valence-electron chi connectivity index (χ3n) is 5.59. The van der Waals surface area contributed by atoms with Crippen LogP contribution in [-0.4, -0.2) is 53.3 Å². The molecule has 4 rings (SSSR count). The van der Waals surface area contributed by atoms with E-state index in [1.165, 1.54) is 23.1 Å². The first kappa shape index (κ1) is 20.1. The summed E-state index contributed by atoms with van der Waals surface area (Å²) in [6.07, 6.45) is 6.43. The second-order valence-corrected chi connectivity index (χ2v) is 7.90. The van der Waals surface area contributed by atoms with E-state index in [0.717, 1.165) is 44.9 Å². The molecule has 1 aromatic rings. The Bertz CT molecular complexity index is 917. The number of hydrogen-bond acceptors (Lipinski definition) is 6. The molecule has 0 radical (unpaired) electrons. The minimum atomic E-state index is -0.813. The van der Waals surface area contributed by atoms with Crippen LogP contribution in [0.2, 0.25) is 0 Å². The van der Waals surface area contributed by atoms with Crippen LogP contribution in [0.15, 0.2) is 18.2 Å². The Hall–Kier alpha value is -3.23. The molecule has 2 saturated carbocycles. The van der Waals surface area contributed by atoms with Crippen molar-refractivity contribution in [3.8, 4) is 0 Å². The SMILES string of the molecule is O=C(COC(=O)c1ccc2c(c1)C(=O)N(C1CCCCC1)C2=O)NC(=O)NC1CC1. The predicted octanol–water partition coefficient (Wildman–Crippen LogP) is 1.76. The molecule has 9 nitrogen and oxygen atoms in total. The average Bonchev–Trinajstić information content (AvgIpc) is 3.51.